The topological polar surface area (TPSA) is 71.0 Å². The summed E-state index contributed by atoms with van der Waals surface area (Å²) in [6.07, 6.45) is 3.67. The van der Waals surface area contributed by atoms with Crippen LogP contribution in [0.3, 0.4) is 0 Å². The van der Waals surface area contributed by atoms with Crippen LogP contribution in [0.15, 0.2) is 12.3 Å². The van der Waals surface area contributed by atoms with Gasteiger partial charge in [-0.2, -0.15) is 5.10 Å². The SMILES string of the molecule is C[C@]1(C(=O)Nc2ccnn2C2CNC2)CCCN1. The second-order valence-electron chi connectivity index (χ2n) is 5.29. The molecule has 98 valence electrons. The molecule has 18 heavy (non-hydrogen) atoms. The van der Waals surface area contributed by atoms with E-state index < -0.39 is 5.54 Å². The molecule has 1 amide bonds. The van der Waals surface area contributed by atoms with E-state index in [-0.39, 0.29) is 5.91 Å². The largest absolute Gasteiger partial charge is 0.312 e. The molecule has 3 heterocycles. The van der Waals surface area contributed by atoms with Crippen molar-refractivity contribution in [1.29, 1.82) is 0 Å². The minimum absolute atomic E-state index is 0.0361. The van der Waals surface area contributed by atoms with E-state index in [0.29, 0.717) is 6.04 Å². The summed E-state index contributed by atoms with van der Waals surface area (Å²) in [5, 5.41) is 13.7. The number of hydrogen-bond donors (Lipinski definition) is 3. The second kappa shape index (κ2) is 4.37. The van der Waals surface area contributed by atoms with Crippen LogP contribution in [0.1, 0.15) is 25.8 Å². The third-order valence-electron chi connectivity index (χ3n) is 3.89. The van der Waals surface area contributed by atoms with Crippen molar-refractivity contribution in [3.8, 4) is 0 Å². The van der Waals surface area contributed by atoms with E-state index in [0.717, 1.165) is 38.3 Å². The number of anilines is 1. The van der Waals surface area contributed by atoms with Crippen molar-refractivity contribution >= 4 is 11.7 Å². The average molecular weight is 249 g/mol. The number of hydrogen-bond acceptors (Lipinski definition) is 4. The van der Waals surface area contributed by atoms with Gasteiger partial charge in [0.05, 0.1) is 17.8 Å². The van der Waals surface area contributed by atoms with E-state index in [9.17, 15) is 4.79 Å². The maximum Gasteiger partial charge on any atom is 0.245 e. The van der Waals surface area contributed by atoms with Gasteiger partial charge in [0.2, 0.25) is 5.91 Å². The highest BCUT2D eigenvalue weighted by Gasteiger charge is 2.36. The number of carbonyl (C=O) groups excluding carboxylic acids is 1. The molecule has 2 aliphatic rings. The first-order valence-electron chi connectivity index (χ1n) is 6.50. The summed E-state index contributed by atoms with van der Waals surface area (Å²) in [5.41, 5.74) is -0.438. The fraction of sp³-hybridized carbons (Fsp3) is 0.667. The summed E-state index contributed by atoms with van der Waals surface area (Å²) in [5.74, 6) is 0.829. The predicted molar refractivity (Wildman–Crippen MR) is 68.4 cm³/mol. The lowest BCUT2D eigenvalue weighted by Gasteiger charge is -2.30. The number of amides is 1. The van der Waals surface area contributed by atoms with Crippen molar-refractivity contribution in [3.63, 3.8) is 0 Å². The zero-order valence-electron chi connectivity index (χ0n) is 10.6. The maximum atomic E-state index is 12.3. The molecule has 0 aliphatic carbocycles. The zero-order chi connectivity index (χ0) is 12.6. The molecule has 6 heteroatoms. The number of carbonyl (C=O) groups is 1. The van der Waals surface area contributed by atoms with Crippen molar-refractivity contribution in [3.05, 3.63) is 12.3 Å². The van der Waals surface area contributed by atoms with Gasteiger partial charge < -0.3 is 16.0 Å². The Labute approximate surface area is 106 Å². The van der Waals surface area contributed by atoms with Gasteiger partial charge in [-0.05, 0) is 26.3 Å². The Morgan fingerprint density at radius 2 is 2.44 bits per heavy atom. The first kappa shape index (κ1) is 11.7. The van der Waals surface area contributed by atoms with Crippen molar-refractivity contribution in [2.24, 2.45) is 0 Å². The molecule has 0 radical (unpaired) electrons. The molecule has 0 spiro atoms. The van der Waals surface area contributed by atoms with Gasteiger partial charge in [-0.25, -0.2) is 4.68 Å². The molecule has 1 aromatic rings. The maximum absolute atomic E-state index is 12.3. The van der Waals surface area contributed by atoms with E-state index in [1.54, 1.807) is 6.20 Å². The molecule has 2 aliphatic heterocycles. The monoisotopic (exact) mass is 249 g/mol. The van der Waals surface area contributed by atoms with Crippen LogP contribution in [0.4, 0.5) is 5.82 Å². The van der Waals surface area contributed by atoms with E-state index >= 15 is 0 Å². The third kappa shape index (κ3) is 1.91. The lowest BCUT2D eigenvalue weighted by Crippen LogP contribution is -2.49. The molecular weight excluding hydrogens is 230 g/mol. The Kier molecular flexibility index (Phi) is 2.83. The van der Waals surface area contributed by atoms with Crippen LogP contribution in [-0.2, 0) is 4.79 Å². The molecule has 3 rings (SSSR count). The third-order valence-corrected chi connectivity index (χ3v) is 3.89. The Morgan fingerprint density at radius 1 is 1.61 bits per heavy atom. The van der Waals surface area contributed by atoms with E-state index in [2.05, 4.69) is 21.0 Å². The van der Waals surface area contributed by atoms with Gasteiger partial charge >= 0.3 is 0 Å². The molecule has 3 N–H and O–H groups in total. The minimum atomic E-state index is -0.438. The Morgan fingerprint density at radius 3 is 3.06 bits per heavy atom. The van der Waals surface area contributed by atoms with Gasteiger partial charge in [0, 0.05) is 19.2 Å². The molecule has 1 atom stereocenters. The quantitative estimate of drug-likeness (QED) is 0.711. The summed E-state index contributed by atoms with van der Waals surface area (Å²) in [6, 6.07) is 2.22. The summed E-state index contributed by atoms with van der Waals surface area (Å²) in [7, 11) is 0. The molecule has 0 unspecified atom stereocenters. The molecule has 0 aromatic carbocycles. The molecular formula is C12H19N5O. The number of nitrogens with zero attached hydrogens (tertiary/aromatic N) is 2. The second-order valence-corrected chi connectivity index (χ2v) is 5.29. The highest BCUT2D eigenvalue weighted by Crippen LogP contribution is 2.22. The average Bonchev–Trinajstić information content (AvgIpc) is 2.87. The Hall–Kier alpha value is -1.40. The minimum Gasteiger partial charge on any atom is -0.312 e. The van der Waals surface area contributed by atoms with E-state index in [4.69, 9.17) is 0 Å². The van der Waals surface area contributed by atoms with Crippen molar-refractivity contribution in [1.82, 2.24) is 20.4 Å². The fourth-order valence-electron chi connectivity index (χ4n) is 2.49. The van der Waals surface area contributed by atoms with Crippen molar-refractivity contribution in [2.75, 3.05) is 25.0 Å². The van der Waals surface area contributed by atoms with Crippen LogP contribution in [0.25, 0.3) is 0 Å². The fourth-order valence-corrected chi connectivity index (χ4v) is 2.49. The molecule has 2 fully saturated rings. The first-order chi connectivity index (χ1) is 8.69. The van der Waals surface area contributed by atoms with Gasteiger partial charge in [0.15, 0.2) is 0 Å². The molecule has 1 aromatic heterocycles. The Bertz CT molecular complexity index is 445. The van der Waals surface area contributed by atoms with Gasteiger partial charge in [-0.3, -0.25) is 4.79 Å². The van der Waals surface area contributed by atoms with Gasteiger partial charge in [-0.15, -0.1) is 0 Å². The molecule has 2 saturated heterocycles. The Balaban J connectivity index is 1.72. The van der Waals surface area contributed by atoms with Gasteiger partial charge in [-0.1, -0.05) is 0 Å². The summed E-state index contributed by atoms with van der Waals surface area (Å²) < 4.78 is 1.90. The van der Waals surface area contributed by atoms with Crippen LogP contribution < -0.4 is 16.0 Å². The van der Waals surface area contributed by atoms with Gasteiger partial charge in [0.25, 0.3) is 0 Å². The van der Waals surface area contributed by atoms with Crippen LogP contribution in [0.5, 0.6) is 0 Å². The highest BCUT2D eigenvalue weighted by atomic mass is 16.2. The normalized spacial score (nSPS) is 28.1. The van der Waals surface area contributed by atoms with Crippen LogP contribution in [0.2, 0.25) is 0 Å². The van der Waals surface area contributed by atoms with Crippen molar-refractivity contribution in [2.45, 2.75) is 31.3 Å². The number of aromatic nitrogens is 2. The molecule has 0 saturated carbocycles. The smallest absolute Gasteiger partial charge is 0.245 e. The highest BCUT2D eigenvalue weighted by molar-refractivity contribution is 5.97. The number of nitrogens with one attached hydrogen (secondary N) is 3. The van der Waals surface area contributed by atoms with Crippen LogP contribution in [-0.4, -0.2) is 40.9 Å². The summed E-state index contributed by atoms with van der Waals surface area (Å²) in [6.45, 7) is 4.71. The first-order valence-corrected chi connectivity index (χ1v) is 6.50. The van der Waals surface area contributed by atoms with Crippen LogP contribution >= 0.6 is 0 Å². The number of rotatable bonds is 3. The summed E-state index contributed by atoms with van der Waals surface area (Å²) >= 11 is 0. The standard InChI is InChI=1S/C12H19N5O/c1-12(4-2-5-14-12)11(18)16-10-3-6-15-17(10)9-7-13-8-9/h3,6,9,13-14H,2,4-5,7-8H2,1H3,(H,16,18)/t12-/m1/s1. The van der Waals surface area contributed by atoms with E-state index in [1.807, 2.05) is 17.7 Å². The molecule has 0 bridgehead atoms. The molecule has 6 nitrogen and oxygen atoms in total. The lowest BCUT2D eigenvalue weighted by molar-refractivity contribution is -0.121. The lowest BCUT2D eigenvalue weighted by atomic mass is 9.99. The van der Waals surface area contributed by atoms with E-state index in [1.165, 1.54) is 0 Å². The van der Waals surface area contributed by atoms with Gasteiger partial charge in [0.1, 0.15) is 5.82 Å². The predicted octanol–water partition coefficient (Wildman–Crippen LogP) is 0.108. The van der Waals surface area contributed by atoms with Crippen molar-refractivity contribution < 1.29 is 4.79 Å². The summed E-state index contributed by atoms with van der Waals surface area (Å²) in [4.78, 5) is 12.3. The van der Waals surface area contributed by atoms with Crippen LogP contribution in [0, 0.1) is 0 Å². The zero-order valence-corrected chi connectivity index (χ0v) is 10.6.